The molecule has 0 aromatic rings. The van der Waals surface area contributed by atoms with Crippen molar-refractivity contribution >= 4 is 12.0 Å². The molecule has 0 fully saturated rings. The first-order valence-electron chi connectivity index (χ1n) is 5.51. The Hall–Kier alpha value is -1.30. The van der Waals surface area contributed by atoms with Crippen molar-refractivity contribution in [2.24, 2.45) is 5.41 Å². The molecule has 1 atom stereocenters. The predicted octanol–water partition coefficient (Wildman–Crippen LogP) is 0.821. The summed E-state index contributed by atoms with van der Waals surface area (Å²) in [5, 5.41) is 13.9. The van der Waals surface area contributed by atoms with Crippen molar-refractivity contribution in [1.82, 2.24) is 10.6 Å². The highest BCUT2D eigenvalue weighted by Gasteiger charge is 2.15. The Labute approximate surface area is 102 Å². The minimum atomic E-state index is -0.950. The first-order chi connectivity index (χ1) is 7.74. The van der Waals surface area contributed by atoms with Crippen LogP contribution in [-0.2, 0) is 9.53 Å². The minimum Gasteiger partial charge on any atom is -0.481 e. The Bertz CT molecular complexity index is 261. The number of carboxylic acids is 1. The molecule has 0 saturated carbocycles. The molecule has 0 rings (SSSR count). The van der Waals surface area contributed by atoms with E-state index in [1.54, 1.807) is 0 Å². The Morgan fingerprint density at radius 1 is 1.29 bits per heavy atom. The first-order valence-corrected chi connectivity index (χ1v) is 5.51. The maximum atomic E-state index is 11.4. The van der Waals surface area contributed by atoms with Crippen LogP contribution in [0.15, 0.2) is 0 Å². The summed E-state index contributed by atoms with van der Waals surface area (Å²) in [4.78, 5) is 21.8. The number of carbonyl (C=O) groups excluding carboxylic acids is 1. The quantitative estimate of drug-likeness (QED) is 0.647. The summed E-state index contributed by atoms with van der Waals surface area (Å²) in [7, 11) is 1.42. The van der Waals surface area contributed by atoms with Gasteiger partial charge in [-0.1, -0.05) is 20.8 Å². The molecule has 0 aliphatic carbocycles. The van der Waals surface area contributed by atoms with Gasteiger partial charge in [-0.3, -0.25) is 4.79 Å². The lowest BCUT2D eigenvalue weighted by atomic mass is 9.97. The topological polar surface area (TPSA) is 87.7 Å². The molecule has 2 amide bonds. The predicted molar refractivity (Wildman–Crippen MR) is 63.9 cm³/mol. The van der Waals surface area contributed by atoms with Crippen LogP contribution in [0.2, 0.25) is 0 Å². The minimum absolute atomic E-state index is 0.0130. The van der Waals surface area contributed by atoms with Gasteiger partial charge in [0.1, 0.15) is 0 Å². The monoisotopic (exact) mass is 246 g/mol. The van der Waals surface area contributed by atoms with E-state index in [2.05, 4.69) is 10.6 Å². The maximum Gasteiger partial charge on any atom is 0.314 e. The lowest BCUT2D eigenvalue weighted by molar-refractivity contribution is -0.139. The van der Waals surface area contributed by atoms with Gasteiger partial charge in [0.05, 0.1) is 12.5 Å². The molecule has 3 N–H and O–H groups in total. The van der Waals surface area contributed by atoms with E-state index < -0.39 is 12.1 Å². The van der Waals surface area contributed by atoms with E-state index in [1.165, 1.54) is 7.11 Å². The second-order valence-corrected chi connectivity index (χ2v) is 5.08. The van der Waals surface area contributed by atoms with Crippen molar-refractivity contribution in [1.29, 1.82) is 0 Å². The van der Waals surface area contributed by atoms with Gasteiger partial charge in [-0.2, -0.15) is 0 Å². The van der Waals surface area contributed by atoms with E-state index in [-0.39, 0.29) is 24.4 Å². The fraction of sp³-hybridized carbons (Fsp3) is 0.818. The molecule has 0 radical (unpaired) electrons. The van der Waals surface area contributed by atoms with Gasteiger partial charge in [0.15, 0.2) is 0 Å². The van der Waals surface area contributed by atoms with Crippen molar-refractivity contribution in [2.75, 3.05) is 20.2 Å². The second kappa shape index (κ2) is 7.11. The van der Waals surface area contributed by atoms with Crippen molar-refractivity contribution in [3.8, 4) is 0 Å². The summed E-state index contributed by atoms with van der Waals surface area (Å²) in [6, 6.07) is -0.313. The van der Waals surface area contributed by atoms with E-state index in [0.717, 1.165) is 0 Å². The largest absolute Gasteiger partial charge is 0.481 e. The van der Waals surface area contributed by atoms with Gasteiger partial charge >= 0.3 is 12.0 Å². The summed E-state index contributed by atoms with van der Waals surface area (Å²) in [5.74, 6) is -0.950. The summed E-state index contributed by atoms with van der Waals surface area (Å²) in [6.07, 6.45) is -0.636. The standard InChI is InChI=1S/C11H22N2O4/c1-11(2,3)7-13-10(16)12-6-8(17-4)5-9(14)15/h8H,5-7H2,1-4H3,(H,14,15)(H2,12,13,16). The number of rotatable bonds is 6. The SMILES string of the molecule is COC(CNC(=O)NCC(C)(C)C)CC(=O)O. The van der Waals surface area contributed by atoms with Gasteiger partial charge in [-0.25, -0.2) is 4.79 Å². The van der Waals surface area contributed by atoms with Crippen molar-refractivity contribution in [2.45, 2.75) is 33.3 Å². The lowest BCUT2D eigenvalue weighted by Gasteiger charge is -2.20. The zero-order valence-electron chi connectivity index (χ0n) is 10.9. The van der Waals surface area contributed by atoms with Gasteiger partial charge in [0.2, 0.25) is 0 Å². The van der Waals surface area contributed by atoms with Crippen LogP contribution in [0.25, 0.3) is 0 Å². The Balaban J connectivity index is 3.85. The molecule has 100 valence electrons. The number of urea groups is 1. The number of carboxylic acid groups (broad SMARTS) is 1. The normalized spacial score (nSPS) is 12.9. The smallest absolute Gasteiger partial charge is 0.314 e. The molecular weight excluding hydrogens is 224 g/mol. The summed E-state index contributed by atoms with van der Waals surface area (Å²) >= 11 is 0. The highest BCUT2D eigenvalue weighted by atomic mass is 16.5. The average Bonchev–Trinajstić information content (AvgIpc) is 2.19. The number of amides is 2. The third-order valence-corrected chi connectivity index (χ3v) is 2.01. The highest BCUT2D eigenvalue weighted by Crippen LogP contribution is 2.09. The summed E-state index contributed by atoms with van der Waals surface area (Å²) in [6.45, 7) is 6.76. The number of hydrogen-bond donors (Lipinski definition) is 3. The van der Waals surface area contributed by atoms with Gasteiger partial charge in [-0.05, 0) is 5.41 Å². The molecule has 0 spiro atoms. The molecule has 0 saturated heterocycles. The Kier molecular flexibility index (Phi) is 6.57. The summed E-state index contributed by atoms with van der Waals surface area (Å²) in [5.41, 5.74) is 0.0130. The molecule has 17 heavy (non-hydrogen) atoms. The molecule has 0 aliphatic heterocycles. The van der Waals surface area contributed by atoms with Gasteiger partial charge in [-0.15, -0.1) is 0 Å². The van der Waals surface area contributed by atoms with Gasteiger partial charge < -0.3 is 20.5 Å². The number of hydrogen-bond acceptors (Lipinski definition) is 3. The number of ether oxygens (including phenoxy) is 1. The molecule has 0 aromatic carbocycles. The molecule has 0 aromatic heterocycles. The van der Waals surface area contributed by atoms with Crippen LogP contribution in [0.1, 0.15) is 27.2 Å². The maximum absolute atomic E-state index is 11.4. The van der Waals surface area contributed by atoms with Crippen LogP contribution in [0.3, 0.4) is 0 Å². The van der Waals surface area contributed by atoms with Crippen LogP contribution in [-0.4, -0.2) is 43.4 Å². The zero-order valence-corrected chi connectivity index (χ0v) is 10.9. The fourth-order valence-electron chi connectivity index (χ4n) is 1.05. The van der Waals surface area contributed by atoms with Gasteiger partial charge in [0, 0.05) is 20.2 Å². The summed E-state index contributed by atoms with van der Waals surface area (Å²) < 4.78 is 4.93. The fourth-order valence-corrected chi connectivity index (χ4v) is 1.05. The van der Waals surface area contributed by atoms with Crippen LogP contribution < -0.4 is 10.6 Å². The van der Waals surface area contributed by atoms with Crippen LogP contribution >= 0.6 is 0 Å². The van der Waals surface area contributed by atoms with E-state index in [4.69, 9.17) is 9.84 Å². The average molecular weight is 246 g/mol. The van der Waals surface area contributed by atoms with E-state index >= 15 is 0 Å². The van der Waals surface area contributed by atoms with Gasteiger partial charge in [0.25, 0.3) is 0 Å². The molecule has 0 heterocycles. The van der Waals surface area contributed by atoms with E-state index in [1.807, 2.05) is 20.8 Å². The molecule has 6 heteroatoms. The highest BCUT2D eigenvalue weighted by molar-refractivity contribution is 5.74. The molecule has 0 aliphatic rings. The Morgan fingerprint density at radius 3 is 2.29 bits per heavy atom. The van der Waals surface area contributed by atoms with Crippen molar-refractivity contribution in [3.63, 3.8) is 0 Å². The number of carbonyl (C=O) groups is 2. The lowest BCUT2D eigenvalue weighted by Crippen LogP contribution is -2.43. The number of nitrogens with one attached hydrogen (secondary N) is 2. The Morgan fingerprint density at radius 2 is 1.88 bits per heavy atom. The van der Waals surface area contributed by atoms with Crippen LogP contribution in [0, 0.1) is 5.41 Å². The molecule has 0 bridgehead atoms. The van der Waals surface area contributed by atoms with Crippen molar-refractivity contribution < 1.29 is 19.4 Å². The third kappa shape index (κ3) is 9.62. The van der Waals surface area contributed by atoms with Crippen LogP contribution in [0.4, 0.5) is 4.79 Å². The molecule has 6 nitrogen and oxygen atoms in total. The second-order valence-electron chi connectivity index (χ2n) is 5.08. The zero-order chi connectivity index (χ0) is 13.5. The molecular formula is C11H22N2O4. The number of methoxy groups -OCH3 is 1. The number of aliphatic carboxylic acids is 1. The first kappa shape index (κ1) is 15.7. The van der Waals surface area contributed by atoms with Crippen molar-refractivity contribution in [3.05, 3.63) is 0 Å². The van der Waals surface area contributed by atoms with Crippen LogP contribution in [0.5, 0.6) is 0 Å². The van der Waals surface area contributed by atoms with E-state index in [9.17, 15) is 9.59 Å². The third-order valence-electron chi connectivity index (χ3n) is 2.01. The van der Waals surface area contributed by atoms with E-state index in [0.29, 0.717) is 6.54 Å². The molecule has 1 unspecified atom stereocenters.